The van der Waals surface area contributed by atoms with Gasteiger partial charge in [0.15, 0.2) is 0 Å². The number of nitrogens with zero attached hydrogens (tertiary/aromatic N) is 2. The summed E-state index contributed by atoms with van der Waals surface area (Å²) in [6.07, 6.45) is 7.18. The summed E-state index contributed by atoms with van der Waals surface area (Å²) in [6.45, 7) is 4.45. The molecule has 4 rings (SSSR count). The van der Waals surface area contributed by atoms with E-state index < -0.39 is 0 Å². The van der Waals surface area contributed by atoms with Crippen molar-refractivity contribution >= 4 is 16.8 Å². The molecule has 2 aliphatic rings. The van der Waals surface area contributed by atoms with Gasteiger partial charge in [-0.1, -0.05) is 18.6 Å². The van der Waals surface area contributed by atoms with Crippen molar-refractivity contribution in [3.8, 4) is 0 Å². The van der Waals surface area contributed by atoms with Crippen LogP contribution in [0.1, 0.15) is 44.6 Å². The second-order valence-corrected chi connectivity index (χ2v) is 8.16. The van der Waals surface area contributed by atoms with Crippen molar-refractivity contribution in [1.29, 1.82) is 0 Å². The highest BCUT2D eigenvalue weighted by Gasteiger charge is 2.42. The van der Waals surface area contributed by atoms with Gasteiger partial charge < -0.3 is 5.32 Å². The molecule has 138 valence electrons. The number of rotatable bonds is 5. The van der Waals surface area contributed by atoms with Gasteiger partial charge >= 0.3 is 0 Å². The van der Waals surface area contributed by atoms with E-state index in [2.05, 4.69) is 17.2 Å². The first-order valence-corrected chi connectivity index (χ1v) is 9.77. The summed E-state index contributed by atoms with van der Waals surface area (Å²) in [5.74, 6) is 2.34. The highest BCUT2D eigenvalue weighted by Crippen LogP contribution is 2.49. The molecular formula is C21H27N3O2. The monoisotopic (exact) mass is 353 g/mol. The Hall–Kier alpha value is -2.17. The maximum absolute atomic E-state index is 12.6. The van der Waals surface area contributed by atoms with Crippen molar-refractivity contribution < 1.29 is 4.79 Å². The third kappa shape index (κ3) is 3.15. The van der Waals surface area contributed by atoms with Crippen LogP contribution in [-0.4, -0.2) is 21.5 Å². The van der Waals surface area contributed by atoms with E-state index in [1.807, 2.05) is 19.1 Å². The van der Waals surface area contributed by atoms with Crippen molar-refractivity contribution in [3.05, 3.63) is 40.4 Å². The van der Waals surface area contributed by atoms with Gasteiger partial charge in [0.25, 0.3) is 5.56 Å². The Morgan fingerprint density at radius 2 is 2.19 bits per heavy atom. The fourth-order valence-electron chi connectivity index (χ4n) is 5.06. The second kappa shape index (κ2) is 6.86. The van der Waals surface area contributed by atoms with E-state index >= 15 is 0 Å². The standard InChI is InChI=1S/C21H27N3O2/c1-13-4-3-5-17-20(13)22-12-24(21(17)26)9-8-19(25)23-14(2)18-11-15-6-7-16(18)10-15/h3-5,12,14-16,18H,6-11H2,1-2H3,(H,23,25). The van der Waals surface area contributed by atoms with E-state index in [4.69, 9.17) is 0 Å². The Morgan fingerprint density at radius 3 is 2.92 bits per heavy atom. The minimum Gasteiger partial charge on any atom is -0.353 e. The number of carbonyl (C=O) groups is 1. The Bertz CT molecular complexity index is 888. The molecule has 0 aliphatic heterocycles. The summed E-state index contributed by atoms with van der Waals surface area (Å²) in [7, 11) is 0. The Kier molecular flexibility index (Phi) is 4.55. The highest BCUT2D eigenvalue weighted by molar-refractivity contribution is 5.80. The second-order valence-electron chi connectivity index (χ2n) is 8.16. The topological polar surface area (TPSA) is 64.0 Å². The van der Waals surface area contributed by atoms with Gasteiger partial charge in [-0.25, -0.2) is 4.98 Å². The normalized spacial score (nSPS) is 25.5. The lowest BCUT2D eigenvalue weighted by Gasteiger charge is -2.28. The van der Waals surface area contributed by atoms with Crippen molar-refractivity contribution in [3.63, 3.8) is 0 Å². The zero-order chi connectivity index (χ0) is 18.3. The van der Waals surface area contributed by atoms with E-state index in [1.165, 1.54) is 25.7 Å². The van der Waals surface area contributed by atoms with Gasteiger partial charge in [0, 0.05) is 19.0 Å². The molecule has 2 aromatic rings. The lowest BCUT2D eigenvalue weighted by molar-refractivity contribution is -0.122. The summed E-state index contributed by atoms with van der Waals surface area (Å²) >= 11 is 0. The number of amides is 1. The average molecular weight is 353 g/mol. The lowest BCUT2D eigenvalue weighted by Crippen LogP contribution is -2.40. The Morgan fingerprint density at radius 1 is 1.35 bits per heavy atom. The molecule has 1 amide bonds. The van der Waals surface area contributed by atoms with Crippen molar-refractivity contribution in [2.45, 2.75) is 58.5 Å². The number of fused-ring (bicyclic) bond motifs is 3. The number of aryl methyl sites for hydroxylation is 2. The minimum atomic E-state index is -0.0762. The SMILES string of the molecule is Cc1cccc2c(=O)n(CCC(=O)NC(C)C3CC4CCC3C4)cnc12. The summed E-state index contributed by atoms with van der Waals surface area (Å²) in [4.78, 5) is 29.4. The van der Waals surface area contributed by atoms with Crippen LogP contribution in [0.15, 0.2) is 29.3 Å². The van der Waals surface area contributed by atoms with Crippen LogP contribution < -0.4 is 10.9 Å². The van der Waals surface area contributed by atoms with Crippen molar-refractivity contribution in [2.75, 3.05) is 0 Å². The number of hydrogen-bond acceptors (Lipinski definition) is 3. The molecule has 1 aromatic heterocycles. The fraction of sp³-hybridized carbons (Fsp3) is 0.571. The summed E-state index contributed by atoms with van der Waals surface area (Å²) in [5, 5.41) is 3.78. The largest absolute Gasteiger partial charge is 0.353 e. The molecule has 1 heterocycles. The van der Waals surface area contributed by atoms with Crippen LogP contribution in [0.25, 0.3) is 10.9 Å². The Labute approximate surface area is 153 Å². The van der Waals surface area contributed by atoms with E-state index in [1.54, 1.807) is 17.0 Å². The molecule has 4 unspecified atom stereocenters. The van der Waals surface area contributed by atoms with E-state index in [9.17, 15) is 9.59 Å². The van der Waals surface area contributed by atoms with Gasteiger partial charge in [-0.3, -0.25) is 14.2 Å². The molecule has 2 bridgehead atoms. The van der Waals surface area contributed by atoms with Crippen LogP contribution in [0, 0.1) is 24.7 Å². The molecule has 2 saturated carbocycles. The van der Waals surface area contributed by atoms with Gasteiger partial charge in [0.2, 0.25) is 5.91 Å². The maximum atomic E-state index is 12.6. The molecular weight excluding hydrogens is 326 g/mol. The first-order chi connectivity index (χ1) is 12.5. The van der Waals surface area contributed by atoms with Crippen LogP contribution in [0.4, 0.5) is 0 Å². The highest BCUT2D eigenvalue weighted by atomic mass is 16.2. The number of para-hydroxylation sites is 1. The third-order valence-electron chi connectivity index (χ3n) is 6.46. The fourth-order valence-corrected chi connectivity index (χ4v) is 5.06. The molecule has 1 N–H and O–H groups in total. The Balaban J connectivity index is 1.38. The molecule has 1 aromatic carbocycles. The molecule has 26 heavy (non-hydrogen) atoms. The predicted molar refractivity (Wildman–Crippen MR) is 102 cm³/mol. The first-order valence-electron chi connectivity index (χ1n) is 9.77. The zero-order valence-electron chi connectivity index (χ0n) is 15.6. The number of nitrogens with one attached hydrogen (secondary N) is 1. The molecule has 0 radical (unpaired) electrons. The van der Waals surface area contributed by atoms with Crippen LogP contribution >= 0.6 is 0 Å². The molecule has 2 aliphatic carbocycles. The van der Waals surface area contributed by atoms with Gasteiger partial charge in [-0.15, -0.1) is 0 Å². The molecule has 0 saturated heterocycles. The number of aromatic nitrogens is 2. The van der Waals surface area contributed by atoms with Gasteiger partial charge in [-0.2, -0.15) is 0 Å². The number of benzene rings is 1. The lowest BCUT2D eigenvalue weighted by atomic mass is 9.84. The van der Waals surface area contributed by atoms with Gasteiger partial charge in [0.1, 0.15) is 0 Å². The number of hydrogen-bond donors (Lipinski definition) is 1. The predicted octanol–water partition coefficient (Wildman–Crippen LogP) is 3.04. The summed E-state index contributed by atoms with van der Waals surface area (Å²) in [5.41, 5.74) is 1.65. The smallest absolute Gasteiger partial charge is 0.261 e. The zero-order valence-corrected chi connectivity index (χ0v) is 15.6. The molecule has 2 fully saturated rings. The van der Waals surface area contributed by atoms with Crippen molar-refractivity contribution in [1.82, 2.24) is 14.9 Å². The van der Waals surface area contributed by atoms with Crippen LogP contribution in [0.2, 0.25) is 0 Å². The first kappa shape index (κ1) is 17.3. The maximum Gasteiger partial charge on any atom is 0.261 e. The minimum absolute atomic E-state index is 0.0245. The average Bonchev–Trinajstić information content (AvgIpc) is 3.25. The van der Waals surface area contributed by atoms with Gasteiger partial charge in [-0.05, 0) is 62.5 Å². The van der Waals surface area contributed by atoms with E-state index in [0.717, 1.165) is 22.9 Å². The third-order valence-corrected chi connectivity index (χ3v) is 6.46. The summed E-state index contributed by atoms with van der Waals surface area (Å²) < 4.78 is 1.55. The van der Waals surface area contributed by atoms with Crippen LogP contribution in [-0.2, 0) is 11.3 Å². The van der Waals surface area contributed by atoms with Gasteiger partial charge in [0.05, 0.1) is 17.2 Å². The molecule has 5 nitrogen and oxygen atoms in total. The molecule has 5 heteroatoms. The van der Waals surface area contributed by atoms with E-state index in [0.29, 0.717) is 24.3 Å². The summed E-state index contributed by atoms with van der Waals surface area (Å²) in [6, 6.07) is 5.84. The van der Waals surface area contributed by atoms with Crippen LogP contribution in [0.5, 0.6) is 0 Å². The quantitative estimate of drug-likeness (QED) is 0.899. The van der Waals surface area contributed by atoms with Crippen LogP contribution in [0.3, 0.4) is 0 Å². The number of carbonyl (C=O) groups excluding carboxylic acids is 1. The molecule has 0 spiro atoms. The van der Waals surface area contributed by atoms with Crippen molar-refractivity contribution in [2.24, 2.45) is 17.8 Å². The molecule has 4 atom stereocenters. The van der Waals surface area contributed by atoms with E-state index in [-0.39, 0.29) is 17.5 Å².